The van der Waals surface area contributed by atoms with Gasteiger partial charge in [-0.2, -0.15) is 0 Å². The van der Waals surface area contributed by atoms with E-state index in [4.69, 9.17) is 14.9 Å². The summed E-state index contributed by atoms with van der Waals surface area (Å²) in [5.74, 6) is -6.68. The first-order chi connectivity index (χ1) is 23.1. The molecule has 4 aliphatic heterocycles. The number of aliphatic hydroxyl groups is 1. The van der Waals surface area contributed by atoms with Crippen molar-refractivity contribution in [2.45, 2.75) is 68.3 Å². The van der Waals surface area contributed by atoms with Crippen molar-refractivity contribution in [1.29, 1.82) is 0 Å². The van der Waals surface area contributed by atoms with Gasteiger partial charge in [0.1, 0.15) is 40.8 Å². The van der Waals surface area contributed by atoms with E-state index in [0.717, 1.165) is 9.80 Å². The Bertz CT molecular complexity index is 1500. The third-order valence-corrected chi connectivity index (χ3v) is 10.0. The van der Waals surface area contributed by atoms with Gasteiger partial charge in [-0.15, -0.1) is 23.5 Å². The molecule has 0 radical (unpaired) electrons. The maximum atomic E-state index is 12.3. The van der Waals surface area contributed by atoms with Gasteiger partial charge in [-0.1, -0.05) is 0 Å². The predicted octanol–water partition coefficient (Wildman–Crippen LogP) is -1.48. The number of amides is 4. The number of thioether (sulfide) groups is 2. The van der Waals surface area contributed by atoms with E-state index in [1.807, 2.05) is 0 Å². The van der Waals surface area contributed by atoms with Gasteiger partial charge in [0.05, 0.1) is 6.61 Å². The number of esters is 1. The van der Waals surface area contributed by atoms with E-state index in [1.165, 1.54) is 30.4 Å². The van der Waals surface area contributed by atoms with Crippen LogP contribution in [0.25, 0.3) is 0 Å². The third-order valence-electron chi connectivity index (χ3n) is 7.36. The van der Waals surface area contributed by atoms with Crippen LogP contribution in [0.15, 0.2) is 22.5 Å². The molecule has 21 heteroatoms. The molecule has 19 nitrogen and oxygen atoms in total. The minimum atomic E-state index is -1.31. The molecule has 0 aromatic heterocycles. The lowest BCUT2D eigenvalue weighted by Gasteiger charge is -2.49. The van der Waals surface area contributed by atoms with Gasteiger partial charge in [0.25, 0.3) is 11.8 Å². The summed E-state index contributed by atoms with van der Waals surface area (Å²) in [5.41, 5.74) is 0.126. The fourth-order valence-corrected chi connectivity index (χ4v) is 7.74. The van der Waals surface area contributed by atoms with E-state index in [9.17, 15) is 58.5 Å². The number of rotatable bonds is 15. The van der Waals surface area contributed by atoms with Crippen molar-refractivity contribution in [2.75, 3.05) is 24.7 Å². The Balaban J connectivity index is 0.000000267. The standard InChI is InChI=1S/C15H18N2O8S.C13H16N2O7S/c1-7(18)25-5-8-6-26-14-11(13(22)17(14)12(8)15(23)24)16-9(19)3-2-4-10(20)21;16-4-6-5-23-12-9(11(20)15(12)10(6)13(21)22)14-7(17)2-1-3-8(18)19/h11,14H,2-6H2,1H3,(H,16,19)(H,20,21)(H,23,24);9,12,16H,1-5H2,(H,14,17)(H,18,19)(H,21,22)/t11-,14-;9-,12-/m11/s1. The van der Waals surface area contributed by atoms with E-state index in [-0.39, 0.29) is 73.6 Å². The summed E-state index contributed by atoms with van der Waals surface area (Å²) in [6.07, 6.45) is -0.0252. The fourth-order valence-electron chi connectivity index (χ4n) is 5.08. The zero-order valence-electron chi connectivity index (χ0n) is 25.9. The monoisotopic (exact) mass is 730 g/mol. The van der Waals surface area contributed by atoms with E-state index >= 15 is 0 Å². The number of nitrogens with zero attached hydrogens (tertiary/aromatic N) is 2. The lowest BCUT2D eigenvalue weighted by molar-refractivity contribution is -0.151. The SMILES string of the molecule is CC(=O)OCC1=C(C(=O)O)N2C(=O)[C@@H](NC(=O)CCCC(=O)O)[C@H]2SC1.O=C(O)CCCC(=O)N[C@@H]1C(=O)N2C(C(=O)O)=C(CO)CS[C@H]12. The molecule has 4 atom stereocenters. The van der Waals surface area contributed by atoms with Crippen LogP contribution in [0.4, 0.5) is 0 Å². The summed E-state index contributed by atoms with van der Waals surface area (Å²) in [6, 6.07) is -1.69. The minimum absolute atomic E-state index is 0.0169. The Hall–Kier alpha value is -4.63. The summed E-state index contributed by atoms with van der Waals surface area (Å²) < 4.78 is 4.83. The van der Waals surface area contributed by atoms with Crippen molar-refractivity contribution in [3.8, 4) is 0 Å². The van der Waals surface area contributed by atoms with E-state index in [0.29, 0.717) is 5.57 Å². The highest BCUT2D eigenvalue weighted by Gasteiger charge is 2.55. The smallest absolute Gasteiger partial charge is 0.352 e. The van der Waals surface area contributed by atoms with Crippen molar-refractivity contribution in [1.82, 2.24) is 20.4 Å². The maximum Gasteiger partial charge on any atom is 0.352 e. The number of carbonyl (C=O) groups is 9. The molecule has 0 saturated carbocycles. The number of ether oxygens (including phenoxy) is 1. The van der Waals surface area contributed by atoms with Crippen LogP contribution in [0.3, 0.4) is 0 Å². The predicted molar refractivity (Wildman–Crippen MR) is 166 cm³/mol. The molecule has 268 valence electrons. The van der Waals surface area contributed by atoms with Crippen LogP contribution in [0.5, 0.6) is 0 Å². The average molecular weight is 731 g/mol. The lowest BCUT2D eigenvalue weighted by Crippen LogP contribution is -2.70. The molecule has 0 aliphatic carbocycles. The van der Waals surface area contributed by atoms with E-state index in [1.54, 1.807) is 0 Å². The number of fused-ring (bicyclic) bond motifs is 2. The number of hydrogen-bond donors (Lipinski definition) is 7. The number of nitrogens with one attached hydrogen (secondary N) is 2. The summed E-state index contributed by atoms with van der Waals surface area (Å²) >= 11 is 2.52. The van der Waals surface area contributed by atoms with E-state index < -0.39 is 82.9 Å². The first-order valence-electron chi connectivity index (χ1n) is 14.6. The molecule has 2 saturated heterocycles. The van der Waals surface area contributed by atoms with Gasteiger partial charge in [0.2, 0.25) is 11.8 Å². The van der Waals surface area contributed by atoms with Crippen LogP contribution in [0.2, 0.25) is 0 Å². The van der Waals surface area contributed by atoms with Crippen LogP contribution in [-0.2, 0) is 47.9 Å². The summed E-state index contributed by atoms with van der Waals surface area (Å²) in [5, 5.41) is 48.8. The number of aliphatic carboxylic acids is 4. The van der Waals surface area contributed by atoms with Gasteiger partial charge in [-0.3, -0.25) is 43.4 Å². The van der Waals surface area contributed by atoms with Gasteiger partial charge in [0, 0.05) is 49.7 Å². The van der Waals surface area contributed by atoms with Crippen molar-refractivity contribution in [3.05, 3.63) is 22.5 Å². The first kappa shape index (κ1) is 38.8. The number of carboxylic acids is 4. The molecule has 49 heavy (non-hydrogen) atoms. The number of carboxylic acid groups (broad SMARTS) is 4. The summed E-state index contributed by atoms with van der Waals surface area (Å²) in [7, 11) is 0. The van der Waals surface area contributed by atoms with Crippen LogP contribution >= 0.6 is 23.5 Å². The Labute approximate surface area is 286 Å². The first-order valence-corrected chi connectivity index (χ1v) is 16.7. The van der Waals surface area contributed by atoms with Crippen molar-refractivity contribution < 1.29 is 73.4 Å². The molecule has 0 unspecified atom stereocenters. The highest BCUT2D eigenvalue weighted by atomic mass is 32.2. The lowest BCUT2D eigenvalue weighted by atomic mass is 10.0. The van der Waals surface area contributed by atoms with Gasteiger partial charge in [-0.25, -0.2) is 9.59 Å². The molecule has 4 aliphatic rings. The Morgan fingerprint density at radius 3 is 1.49 bits per heavy atom. The highest BCUT2D eigenvalue weighted by Crippen LogP contribution is 2.41. The second-order valence-electron chi connectivity index (χ2n) is 10.9. The second-order valence-corrected chi connectivity index (χ2v) is 13.1. The largest absolute Gasteiger partial charge is 0.481 e. The number of carbonyl (C=O) groups excluding carboxylic acids is 5. The molecule has 4 rings (SSSR count). The molecular formula is C28H34N4O15S2. The second kappa shape index (κ2) is 17.2. The number of hydrogen-bond acceptors (Lipinski definition) is 13. The minimum Gasteiger partial charge on any atom is -0.481 e. The zero-order valence-corrected chi connectivity index (χ0v) is 27.5. The third kappa shape index (κ3) is 9.50. The fraction of sp³-hybridized carbons (Fsp3) is 0.536. The van der Waals surface area contributed by atoms with Crippen LogP contribution in [0, 0.1) is 0 Å². The normalized spacial score (nSPS) is 22.3. The van der Waals surface area contributed by atoms with Crippen LogP contribution in [0.1, 0.15) is 45.4 Å². The van der Waals surface area contributed by atoms with Gasteiger partial charge >= 0.3 is 29.8 Å². The van der Waals surface area contributed by atoms with Gasteiger partial charge in [-0.05, 0) is 18.4 Å². The quantitative estimate of drug-likeness (QED) is 0.0746. The summed E-state index contributed by atoms with van der Waals surface area (Å²) in [4.78, 5) is 105. The Morgan fingerprint density at radius 1 is 0.714 bits per heavy atom. The van der Waals surface area contributed by atoms with Crippen LogP contribution < -0.4 is 10.6 Å². The molecule has 0 bridgehead atoms. The van der Waals surface area contributed by atoms with E-state index in [2.05, 4.69) is 10.6 Å². The molecule has 0 spiro atoms. The molecule has 4 heterocycles. The van der Waals surface area contributed by atoms with Crippen LogP contribution in [-0.4, -0.2) is 136 Å². The Morgan fingerprint density at radius 2 is 1.12 bits per heavy atom. The highest BCUT2D eigenvalue weighted by molar-refractivity contribution is 8.00. The topological polar surface area (TPSA) is 295 Å². The number of β-lactam (4-membered cyclic amide) rings is 2. The molecule has 7 N–H and O–H groups in total. The maximum absolute atomic E-state index is 12.3. The zero-order chi connectivity index (χ0) is 36.6. The molecule has 2 fully saturated rings. The average Bonchev–Trinajstić information content (AvgIpc) is 3.03. The van der Waals surface area contributed by atoms with Crippen molar-refractivity contribution in [3.63, 3.8) is 0 Å². The molecule has 0 aromatic carbocycles. The summed E-state index contributed by atoms with van der Waals surface area (Å²) in [6.45, 7) is 0.536. The van der Waals surface area contributed by atoms with Gasteiger partial charge in [0.15, 0.2) is 0 Å². The molecule has 4 amide bonds. The van der Waals surface area contributed by atoms with Gasteiger partial charge < -0.3 is 40.9 Å². The molecular weight excluding hydrogens is 696 g/mol. The van der Waals surface area contributed by atoms with Crippen molar-refractivity contribution in [2.24, 2.45) is 0 Å². The molecule has 0 aromatic rings. The van der Waals surface area contributed by atoms with Crippen molar-refractivity contribution >= 4 is 77.0 Å². The Kier molecular flexibility index (Phi) is 13.6. The number of aliphatic hydroxyl groups excluding tert-OH is 1.